The Morgan fingerprint density at radius 3 is 2.53 bits per heavy atom. The van der Waals surface area contributed by atoms with Crippen LogP contribution in [0.25, 0.3) is 0 Å². The molecule has 0 aromatic heterocycles. The number of methoxy groups -OCH3 is 2. The van der Waals surface area contributed by atoms with Gasteiger partial charge in [0.05, 0.1) is 25.8 Å². The number of anilines is 1. The second kappa shape index (κ2) is 9.00. The van der Waals surface area contributed by atoms with E-state index in [1.54, 1.807) is 36.4 Å². The molecule has 0 bridgehead atoms. The van der Waals surface area contributed by atoms with Crippen LogP contribution in [0.1, 0.15) is 27.5 Å². The second-order valence-corrected chi connectivity index (χ2v) is 8.12. The number of para-hydroxylation sites is 1. The van der Waals surface area contributed by atoms with Crippen molar-refractivity contribution in [3.63, 3.8) is 0 Å². The Kier molecular flexibility index (Phi) is 6.14. The van der Waals surface area contributed by atoms with Crippen molar-refractivity contribution >= 4 is 33.4 Å². The molecule has 1 aliphatic rings. The topological polar surface area (TPSA) is 67.9 Å². The molecule has 0 aliphatic carbocycles. The number of halogens is 2. The van der Waals surface area contributed by atoms with Gasteiger partial charge in [-0.15, -0.1) is 0 Å². The molecule has 6 nitrogen and oxygen atoms in total. The molecule has 2 amide bonds. The van der Waals surface area contributed by atoms with Gasteiger partial charge >= 0.3 is 0 Å². The number of amides is 2. The Morgan fingerprint density at radius 1 is 1.09 bits per heavy atom. The van der Waals surface area contributed by atoms with Gasteiger partial charge in [0, 0.05) is 15.7 Å². The zero-order chi connectivity index (χ0) is 22.8. The van der Waals surface area contributed by atoms with Gasteiger partial charge in [0.25, 0.3) is 5.91 Å². The summed E-state index contributed by atoms with van der Waals surface area (Å²) in [5.41, 5.74) is 2.20. The van der Waals surface area contributed by atoms with Gasteiger partial charge in [0.1, 0.15) is 12.4 Å². The van der Waals surface area contributed by atoms with Gasteiger partial charge in [0.15, 0.2) is 11.5 Å². The molecule has 1 aliphatic heterocycles. The second-order valence-electron chi connectivity index (χ2n) is 7.21. The van der Waals surface area contributed by atoms with Gasteiger partial charge in [-0.05, 0) is 48.0 Å². The zero-order valence-corrected chi connectivity index (χ0v) is 19.0. The fourth-order valence-electron chi connectivity index (χ4n) is 3.88. The van der Waals surface area contributed by atoms with Crippen molar-refractivity contribution < 1.29 is 23.5 Å². The van der Waals surface area contributed by atoms with Crippen molar-refractivity contribution in [2.75, 3.05) is 26.1 Å². The SMILES string of the molecule is COc1cccc(C(=O)N2CC(=O)Nc3ccc(Br)cc3C2c2ccc(F)cc2)c1OC. The number of nitrogens with zero attached hydrogens (tertiary/aromatic N) is 1. The number of hydrogen-bond donors (Lipinski definition) is 1. The summed E-state index contributed by atoms with van der Waals surface area (Å²) in [6.45, 7) is -0.201. The van der Waals surface area contributed by atoms with E-state index in [1.165, 1.54) is 31.3 Å². The van der Waals surface area contributed by atoms with Crippen LogP contribution in [0.4, 0.5) is 10.1 Å². The standard InChI is InChI=1S/C24H20BrFN2O4/c1-31-20-5-3-4-17(23(20)32-2)24(30)28-13-21(29)27-19-11-8-15(25)12-18(19)22(28)14-6-9-16(26)10-7-14/h3-12,22H,13H2,1-2H3,(H,27,29). The minimum atomic E-state index is -0.648. The number of ether oxygens (including phenoxy) is 2. The van der Waals surface area contributed by atoms with Crippen molar-refractivity contribution in [3.8, 4) is 11.5 Å². The van der Waals surface area contributed by atoms with E-state index in [0.717, 1.165) is 4.47 Å². The Balaban J connectivity index is 1.91. The van der Waals surface area contributed by atoms with Crippen LogP contribution >= 0.6 is 15.9 Å². The molecule has 1 N–H and O–H groups in total. The van der Waals surface area contributed by atoms with Gasteiger partial charge < -0.3 is 19.7 Å². The maximum absolute atomic E-state index is 13.8. The van der Waals surface area contributed by atoms with Gasteiger partial charge in [-0.25, -0.2) is 4.39 Å². The zero-order valence-electron chi connectivity index (χ0n) is 17.4. The molecule has 0 saturated heterocycles. The smallest absolute Gasteiger partial charge is 0.259 e. The molecule has 32 heavy (non-hydrogen) atoms. The highest BCUT2D eigenvalue weighted by molar-refractivity contribution is 9.10. The normalized spacial score (nSPS) is 15.4. The highest BCUT2D eigenvalue weighted by Crippen LogP contribution is 2.40. The van der Waals surface area contributed by atoms with Crippen molar-refractivity contribution in [3.05, 3.63) is 87.6 Å². The van der Waals surface area contributed by atoms with E-state index in [1.807, 2.05) is 12.1 Å². The largest absolute Gasteiger partial charge is 0.493 e. The van der Waals surface area contributed by atoms with Gasteiger partial charge in [-0.3, -0.25) is 9.59 Å². The first kappa shape index (κ1) is 21.8. The molecule has 164 valence electrons. The highest BCUT2D eigenvalue weighted by Gasteiger charge is 2.35. The maximum atomic E-state index is 13.8. The molecular formula is C24H20BrFN2O4. The first-order chi connectivity index (χ1) is 15.4. The highest BCUT2D eigenvalue weighted by atomic mass is 79.9. The number of fused-ring (bicyclic) bond motifs is 1. The van der Waals surface area contributed by atoms with Crippen LogP contribution in [0, 0.1) is 5.82 Å². The lowest BCUT2D eigenvalue weighted by atomic mass is 9.95. The van der Waals surface area contributed by atoms with Gasteiger partial charge in [-0.2, -0.15) is 0 Å². The lowest BCUT2D eigenvalue weighted by Crippen LogP contribution is -2.39. The molecule has 1 unspecified atom stereocenters. The summed E-state index contributed by atoms with van der Waals surface area (Å²) >= 11 is 3.47. The minimum Gasteiger partial charge on any atom is -0.493 e. The Bertz CT molecular complexity index is 1180. The fraction of sp³-hybridized carbons (Fsp3) is 0.167. The molecule has 4 rings (SSSR count). The molecule has 1 heterocycles. The third-order valence-corrected chi connectivity index (χ3v) is 5.78. The quantitative estimate of drug-likeness (QED) is 0.561. The third kappa shape index (κ3) is 4.05. The first-order valence-electron chi connectivity index (χ1n) is 9.79. The molecule has 3 aromatic rings. The van der Waals surface area contributed by atoms with Gasteiger partial charge in [-0.1, -0.05) is 34.1 Å². The van der Waals surface area contributed by atoms with E-state index >= 15 is 0 Å². The first-order valence-corrected chi connectivity index (χ1v) is 10.6. The third-order valence-electron chi connectivity index (χ3n) is 5.29. The molecule has 0 saturated carbocycles. The lowest BCUT2D eigenvalue weighted by molar-refractivity contribution is -0.117. The molecular weight excluding hydrogens is 479 g/mol. The monoisotopic (exact) mass is 498 g/mol. The Labute approximate surface area is 193 Å². The predicted molar refractivity (Wildman–Crippen MR) is 122 cm³/mol. The summed E-state index contributed by atoms with van der Waals surface area (Å²) in [6, 6.07) is 15.7. The average molecular weight is 499 g/mol. The van der Waals surface area contributed by atoms with Crippen LogP contribution < -0.4 is 14.8 Å². The number of hydrogen-bond acceptors (Lipinski definition) is 4. The fourth-order valence-corrected chi connectivity index (χ4v) is 4.26. The number of benzene rings is 3. The minimum absolute atomic E-state index is 0.201. The number of rotatable bonds is 4. The van der Waals surface area contributed by atoms with Crippen LogP contribution in [0.2, 0.25) is 0 Å². The average Bonchev–Trinajstić information content (AvgIpc) is 2.94. The van der Waals surface area contributed by atoms with Crippen LogP contribution in [0.3, 0.4) is 0 Å². The summed E-state index contributed by atoms with van der Waals surface area (Å²) < 4.78 is 25.2. The number of carbonyl (C=O) groups is 2. The molecule has 1 atom stereocenters. The van der Waals surface area contributed by atoms with E-state index in [2.05, 4.69) is 21.2 Å². The van der Waals surface area contributed by atoms with Crippen LogP contribution in [-0.2, 0) is 4.79 Å². The van der Waals surface area contributed by atoms with Crippen LogP contribution in [0.15, 0.2) is 65.1 Å². The van der Waals surface area contributed by atoms with E-state index in [-0.39, 0.29) is 23.8 Å². The molecule has 0 spiro atoms. The van der Waals surface area contributed by atoms with E-state index in [0.29, 0.717) is 22.6 Å². The molecule has 0 fully saturated rings. The Hall–Kier alpha value is -3.39. The predicted octanol–water partition coefficient (Wildman–Crippen LogP) is 4.79. The van der Waals surface area contributed by atoms with Crippen molar-refractivity contribution in [2.24, 2.45) is 0 Å². The van der Waals surface area contributed by atoms with E-state index in [4.69, 9.17) is 9.47 Å². The summed E-state index contributed by atoms with van der Waals surface area (Å²) in [7, 11) is 2.94. The molecule has 0 radical (unpaired) electrons. The summed E-state index contributed by atoms with van der Waals surface area (Å²) in [5, 5.41) is 2.86. The van der Waals surface area contributed by atoms with E-state index < -0.39 is 17.8 Å². The van der Waals surface area contributed by atoms with Crippen molar-refractivity contribution in [2.45, 2.75) is 6.04 Å². The molecule has 3 aromatic carbocycles. The van der Waals surface area contributed by atoms with Crippen LogP contribution in [0.5, 0.6) is 11.5 Å². The summed E-state index contributed by atoms with van der Waals surface area (Å²) in [5.74, 6) is -0.471. The Morgan fingerprint density at radius 2 is 1.84 bits per heavy atom. The summed E-state index contributed by atoms with van der Waals surface area (Å²) in [6.07, 6.45) is 0. The lowest BCUT2D eigenvalue weighted by Gasteiger charge is -2.31. The van der Waals surface area contributed by atoms with Gasteiger partial charge in [0.2, 0.25) is 5.91 Å². The number of nitrogens with one attached hydrogen (secondary N) is 1. The van der Waals surface area contributed by atoms with E-state index in [9.17, 15) is 14.0 Å². The van der Waals surface area contributed by atoms with Crippen molar-refractivity contribution in [1.82, 2.24) is 4.90 Å². The maximum Gasteiger partial charge on any atom is 0.259 e. The van der Waals surface area contributed by atoms with Crippen molar-refractivity contribution in [1.29, 1.82) is 0 Å². The summed E-state index contributed by atoms with van der Waals surface area (Å²) in [4.78, 5) is 28.0. The van der Waals surface area contributed by atoms with Crippen LogP contribution in [-0.4, -0.2) is 37.5 Å². The number of carbonyl (C=O) groups excluding carboxylic acids is 2. The molecule has 8 heteroatoms.